The van der Waals surface area contributed by atoms with Crippen molar-refractivity contribution in [1.29, 1.82) is 0 Å². The molecule has 7 heteroatoms. The van der Waals surface area contributed by atoms with Crippen molar-refractivity contribution >= 4 is 17.4 Å². The number of hydrogen-bond acceptors (Lipinski definition) is 6. The summed E-state index contributed by atoms with van der Waals surface area (Å²) in [6.45, 7) is 2.52. The zero-order valence-corrected chi connectivity index (χ0v) is 11.5. The number of hydrogen-bond donors (Lipinski definition) is 1. The Morgan fingerprint density at radius 3 is 2.71 bits per heavy atom. The Hall–Kier alpha value is -2.57. The third-order valence-corrected chi connectivity index (χ3v) is 3.47. The van der Waals surface area contributed by atoms with Gasteiger partial charge in [0.15, 0.2) is 0 Å². The highest BCUT2D eigenvalue weighted by Crippen LogP contribution is 2.20. The van der Waals surface area contributed by atoms with Crippen molar-refractivity contribution in [1.82, 2.24) is 4.98 Å². The minimum absolute atomic E-state index is 0.241. The first-order valence-corrected chi connectivity index (χ1v) is 6.90. The maximum absolute atomic E-state index is 10.5. The van der Waals surface area contributed by atoms with Gasteiger partial charge in [0, 0.05) is 13.1 Å². The number of furan rings is 1. The van der Waals surface area contributed by atoms with Crippen LogP contribution in [0.2, 0.25) is 0 Å². The van der Waals surface area contributed by atoms with Crippen molar-refractivity contribution < 1.29 is 9.34 Å². The van der Waals surface area contributed by atoms with Crippen LogP contribution in [-0.2, 0) is 6.54 Å². The molecule has 0 radical (unpaired) electrons. The fraction of sp³-hybridized carbons (Fsp3) is 0.357. The second kappa shape index (κ2) is 5.82. The highest BCUT2D eigenvalue weighted by molar-refractivity contribution is 5.49. The standard InChI is InChI=1S/C14H16N4O3/c19-18(20)14-6-4-12(21-14)10-15-11-3-5-13(16-9-11)17-7-1-2-8-17/h3-6,9,15H,1-2,7-8,10H2. The van der Waals surface area contributed by atoms with Crippen molar-refractivity contribution in [2.75, 3.05) is 23.3 Å². The van der Waals surface area contributed by atoms with Gasteiger partial charge in [-0.15, -0.1) is 0 Å². The molecule has 1 fully saturated rings. The van der Waals surface area contributed by atoms with Gasteiger partial charge in [0.1, 0.15) is 16.5 Å². The number of nitro groups is 1. The molecule has 21 heavy (non-hydrogen) atoms. The van der Waals surface area contributed by atoms with E-state index in [1.807, 2.05) is 12.1 Å². The van der Waals surface area contributed by atoms with Crippen molar-refractivity contribution in [3.8, 4) is 0 Å². The summed E-state index contributed by atoms with van der Waals surface area (Å²) in [5, 5.41) is 13.7. The summed E-state index contributed by atoms with van der Waals surface area (Å²) in [5.41, 5.74) is 0.858. The summed E-state index contributed by atoms with van der Waals surface area (Å²) < 4.78 is 5.08. The molecular formula is C14H16N4O3. The quantitative estimate of drug-likeness (QED) is 0.672. The molecule has 2 aromatic heterocycles. The molecule has 3 rings (SSSR count). The van der Waals surface area contributed by atoms with Gasteiger partial charge in [-0.25, -0.2) is 4.98 Å². The molecule has 0 atom stereocenters. The predicted molar refractivity (Wildman–Crippen MR) is 78.4 cm³/mol. The van der Waals surface area contributed by atoms with Gasteiger partial charge in [-0.1, -0.05) is 0 Å². The third-order valence-electron chi connectivity index (χ3n) is 3.47. The van der Waals surface area contributed by atoms with E-state index in [9.17, 15) is 10.1 Å². The molecule has 1 aliphatic heterocycles. The maximum Gasteiger partial charge on any atom is 0.433 e. The van der Waals surface area contributed by atoms with Gasteiger partial charge in [0.05, 0.1) is 24.5 Å². The lowest BCUT2D eigenvalue weighted by molar-refractivity contribution is -0.402. The van der Waals surface area contributed by atoms with Crippen molar-refractivity contribution in [2.45, 2.75) is 19.4 Å². The zero-order chi connectivity index (χ0) is 14.7. The Morgan fingerprint density at radius 2 is 2.10 bits per heavy atom. The van der Waals surface area contributed by atoms with Crippen LogP contribution in [0.25, 0.3) is 0 Å². The van der Waals surface area contributed by atoms with E-state index in [4.69, 9.17) is 4.42 Å². The first-order valence-electron chi connectivity index (χ1n) is 6.90. The van der Waals surface area contributed by atoms with Gasteiger partial charge in [-0.05, 0) is 31.0 Å². The summed E-state index contributed by atoms with van der Waals surface area (Å²) in [7, 11) is 0. The zero-order valence-electron chi connectivity index (χ0n) is 11.5. The van der Waals surface area contributed by atoms with E-state index in [-0.39, 0.29) is 5.88 Å². The van der Waals surface area contributed by atoms with Crippen LogP contribution in [-0.4, -0.2) is 23.0 Å². The lowest BCUT2D eigenvalue weighted by atomic mass is 10.3. The van der Waals surface area contributed by atoms with E-state index in [1.165, 1.54) is 18.9 Å². The Bertz CT molecular complexity index is 617. The summed E-state index contributed by atoms with van der Waals surface area (Å²) in [6.07, 6.45) is 4.21. The molecule has 0 amide bonds. The first-order chi connectivity index (χ1) is 10.2. The van der Waals surface area contributed by atoms with Crippen LogP contribution in [0.15, 0.2) is 34.9 Å². The molecule has 0 saturated carbocycles. The van der Waals surface area contributed by atoms with Crippen molar-refractivity contribution in [3.05, 3.63) is 46.3 Å². The van der Waals surface area contributed by atoms with E-state index < -0.39 is 4.92 Å². The van der Waals surface area contributed by atoms with Crippen molar-refractivity contribution in [3.63, 3.8) is 0 Å². The topological polar surface area (TPSA) is 84.4 Å². The number of nitrogens with zero attached hydrogens (tertiary/aromatic N) is 3. The SMILES string of the molecule is O=[N+]([O-])c1ccc(CNc2ccc(N3CCCC3)nc2)o1. The minimum Gasteiger partial charge on any atom is -0.404 e. The number of anilines is 2. The van der Waals surface area contributed by atoms with Gasteiger partial charge in [-0.3, -0.25) is 10.1 Å². The Balaban J connectivity index is 1.58. The maximum atomic E-state index is 10.5. The molecule has 0 aliphatic carbocycles. The Morgan fingerprint density at radius 1 is 1.29 bits per heavy atom. The molecule has 110 valence electrons. The monoisotopic (exact) mass is 288 g/mol. The van der Waals surface area contributed by atoms with Gasteiger partial charge >= 0.3 is 5.88 Å². The van der Waals surface area contributed by atoms with E-state index in [2.05, 4.69) is 15.2 Å². The van der Waals surface area contributed by atoms with Crippen LogP contribution in [0.5, 0.6) is 0 Å². The van der Waals surface area contributed by atoms with Gasteiger partial charge < -0.3 is 14.6 Å². The van der Waals surface area contributed by atoms with E-state index >= 15 is 0 Å². The molecular weight excluding hydrogens is 272 g/mol. The number of nitrogens with one attached hydrogen (secondary N) is 1. The lowest BCUT2D eigenvalue weighted by Crippen LogP contribution is -2.18. The van der Waals surface area contributed by atoms with Crippen LogP contribution < -0.4 is 10.2 Å². The molecule has 7 nitrogen and oxygen atoms in total. The van der Waals surface area contributed by atoms with Crippen LogP contribution in [0.3, 0.4) is 0 Å². The average molecular weight is 288 g/mol. The van der Waals surface area contributed by atoms with E-state index in [0.717, 1.165) is 24.6 Å². The Labute approximate surface area is 121 Å². The van der Waals surface area contributed by atoms with Crippen LogP contribution in [0.4, 0.5) is 17.4 Å². The normalized spacial score (nSPS) is 14.4. The van der Waals surface area contributed by atoms with Crippen LogP contribution in [0, 0.1) is 10.1 Å². The predicted octanol–water partition coefficient (Wildman–Crippen LogP) is 2.80. The number of aromatic nitrogens is 1. The van der Waals surface area contributed by atoms with E-state index in [1.54, 1.807) is 12.3 Å². The average Bonchev–Trinajstić information content (AvgIpc) is 3.17. The summed E-state index contributed by atoms with van der Waals surface area (Å²) in [5.74, 6) is 1.27. The summed E-state index contributed by atoms with van der Waals surface area (Å²) in [4.78, 5) is 16.7. The molecule has 0 unspecified atom stereocenters. The van der Waals surface area contributed by atoms with Gasteiger partial charge in [0.2, 0.25) is 0 Å². The highest BCUT2D eigenvalue weighted by Gasteiger charge is 2.13. The van der Waals surface area contributed by atoms with Crippen LogP contribution >= 0.6 is 0 Å². The summed E-state index contributed by atoms with van der Waals surface area (Å²) in [6, 6.07) is 6.89. The third kappa shape index (κ3) is 3.13. The fourth-order valence-corrected chi connectivity index (χ4v) is 2.37. The molecule has 0 bridgehead atoms. The Kier molecular flexibility index (Phi) is 3.72. The minimum atomic E-state index is -0.546. The summed E-state index contributed by atoms with van der Waals surface area (Å²) >= 11 is 0. The molecule has 1 N–H and O–H groups in total. The largest absolute Gasteiger partial charge is 0.433 e. The number of pyridine rings is 1. The lowest BCUT2D eigenvalue weighted by Gasteiger charge is -2.16. The molecule has 3 heterocycles. The smallest absolute Gasteiger partial charge is 0.404 e. The molecule has 1 saturated heterocycles. The molecule has 2 aromatic rings. The van der Waals surface area contributed by atoms with Gasteiger partial charge in [-0.2, -0.15) is 0 Å². The second-order valence-corrected chi connectivity index (χ2v) is 4.95. The molecule has 0 aromatic carbocycles. The molecule has 1 aliphatic rings. The van der Waals surface area contributed by atoms with Gasteiger partial charge in [0.25, 0.3) is 0 Å². The highest BCUT2D eigenvalue weighted by atomic mass is 16.6. The molecule has 0 spiro atoms. The van der Waals surface area contributed by atoms with Crippen LogP contribution in [0.1, 0.15) is 18.6 Å². The van der Waals surface area contributed by atoms with Crippen molar-refractivity contribution in [2.24, 2.45) is 0 Å². The first kappa shape index (κ1) is 13.4. The van der Waals surface area contributed by atoms with E-state index in [0.29, 0.717) is 12.3 Å². The second-order valence-electron chi connectivity index (χ2n) is 4.95. The fourth-order valence-electron chi connectivity index (χ4n) is 2.37. The number of rotatable bonds is 5.